The molecule has 3 amide bonds. The highest BCUT2D eigenvalue weighted by Gasteiger charge is 2.16. The van der Waals surface area contributed by atoms with Gasteiger partial charge in [-0.15, -0.1) is 11.3 Å². The van der Waals surface area contributed by atoms with E-state index in [1.165, 1.54) is 16.9 Å². The number of anilines is 1. The zero-order valence-corrected chi connectivity index (χ0v) is 19.0. The highest BCUT2D eigenvalue weighted by molar-refractivity contribution is 7.11. The minimum Gasteiger partial charge on any atom is -0.364 e. The Labute approximate surface area is 190 Å². The van der Waals surface area contributed by atoms with Crippen molar-refractivity contribution < 1.29 is 9.59 Å². The molecule has 31 heavy (non-hydrogen) atoms. The number of aromatic nitrogens is 1. The van der Waals surface area contributed by atoms with Crippen LogP contribution in [0.25, 0.3) is 0 Å². The van der Waals surface area contributed by atoms with Crippen LogP contribution in [0, 0.1) is 0 Å². The standard InChI is InChI=1S/C23H25ClN4O2S/c1-14(2)16-7-9-18(10-8-16)27-23(30)26-13-20-28-21(22(25)29)19(31-20)11-6-15-4-3-5-17(24)12-15/h3-5,7-10,12,14H,6,11,13H2,1-2H3,(H2,25,29)(H2,26,27,30). The van der Waals surface area contributed by atoms with Gasteiger partial charge in [0.25, 0.3) is 5.91 Å². The maximum Gasteiger partial charge on any atom is 0.319 e. The zero-order chi connectivity index (χ0) is 22.4. The van der Waals surface area contributed by atoms with Crippen LogP contribution in [0.1, 0.15) is 51.3 Å². The summed E-state index contributed by atoms with van der Waals surface area (Å²) in [6.07, 6.45) is 1.33. The lowest BCUT2D eigenvalue weighted by Gasteiger charge is -2.09. The first kappa shape index (κ1) is 22.8. The topological polar surface area (TPSA) is 97.1 Å². The Hall–Kier alpha value is -2.90. The molecule has 0 saturated carbocycles. The van der Waals surface area contributed by atoms with Crippen molar-refractivity contribution in [1.82, 2.24) is 10.3 Å². The summed E-state index contributed by atoms with van der Waals surface area (Å²) < 4.78 is 0. The van der Waals surface area contributed by atoms with E-state index in [0.717, 1.165) is 10.4 Å². The fourth-order valence-corrected chi connectivity index (χ4v) is 4.30. The molecule has 1 heterocycles. The SMILES string of the molecule is CC(C)c1ccc(NC(=O)NCc2nc(C(N)=O)c(CCc3cccc(Cl)c3)s2)cc1. The van der Waals surface area contributed by atoms with E-state index in [0.29, 0.717) is 34.5 Å². The molecule has 3 rings (SSSR count). The van der Waals surface area contributed by atoms with Crippen LogP contribution in [-0.4, -0.2) is 16.9 Å². The zero-order valence-electron chi connectivity index (χ0n) is 17.4. The molecule has 2 aromatic carbocycles. The summed E-state index contributed by atoms with van der Waals surface area (Å²) in [5, 5.41) is 6.87. The molecule has 0 atom stereocenters. The lowest BCUT2D eigenvalue weighted by atomic mass is 10.0. The van der Waals surface area contributed by atoms with Crippen molar-refractivity contribution in [3.05, 3.63) is 80.3 Å². The van der Waals surface area contributed by atoms with Gasteiger partial charge in [-0.2, -0.15) is 0 Å². The van der Waals surface area contributed by atoms with Gasteiger partial charge in [0, 0.05) is 15.6 Å². The average molecular weight is 457 g/mol. The van der Waals surface area contributed by atoms with Crippen LogP contribution in [0.15, 0.2) is 48.5 Å². The predicted molar refractivity (Wildman–Crippen MR) is 126 cm³/mol. The number of amides is 3. The van der Waals surface area contributed by atoms with Crippen LogP contribution in [0.5, 0.6) is 0 Å². The number of thiazole rings is 1. The first-order valence-electron chi connectivity index (χ1n) is 9.99. The van der Waals surface area contributed by atoms with Gasteiger partial charge in [0.15, 0.2) is 0 Å². The van der Waals surface area contributed by atoms with Gasteiger partial charge in [0.2, 0.25) is 0 Å². The van der Waals surface area contributed by atoms with Gasteiger partial charge in [-0.1, -0.05) is 49.7 Å². The van der Waals surface area contributed by atoms with Gasteiger partial charge in [0.05, 0.1) is 6.54 Å². The van der Waals surface area contributed by atoms with Crippen molar-refractivity contribution in [2.24, 2.45) is 5.73 Å². The number of halogens is 1. The molecule has 0 unspecified atom stereocenters. The summed E-state index contributed by atoms with van der Waals surface area (Å²) in [6.45, 7) is 4.44. The summed E-state index contributed by atoms with van der Waals surface area (Å²) in [4.78, 5) is 29.1. The van der Waals surface area contributed by atoms with Gasteiger partial charge in [-0.25, -0.2) is 9.78 Å². The number of nitrogens with two attached hydrogens (primary N) is 1. The Balaban J connectivity index is 1.59. The molecule has 6 nitrogen and oxygen atoms in total. The molecule has 0 radical (unpaired) electrons. The third-order valence-corrected chi connectivity index (χ3v) is 6.09. The molecule has 0 bridgehead atoms. The van der Waals surface area contributed by atoms with E-state index in [1.54, 1.807) is 0 Å². The van der Waals surface area contributed by atoms with Gasteiger partial charge < -0.3 is 16.4 Å². The van der Waals surface area contributed by atoms with E-state index in [4.69, 9.17) is 17.3 Å². The molecule has 3 aromatic rings. The normalized spacial score (nSPS) is 10.8. The molecule has 0 aliphatic carbocycles. The summed E-state index contributed by atoms with van der Waals surface area (Å²) in [6, 6.07) is 15.0. The molecule has 0 spiro atoms. The van der Waals surface area contributed by atoms with Crippen molar-refractivity contribution in [3.8, 4) is 0 Å². The molecule has 162 valence electrons. The lowest BCUT2D eigenvalue weighted by molar-refractivity contribution is 0.0995. The van der Waals surface area contributed by atoms with Crippen LogP contribution in [0.4, 0.5) is 10.5 Å². The number of benzene rings is 2. The molecular formula is C23H25ClN4O2S. The number of urea groups is 1. The second-order valence-electron chi connectivity index (χ2n) is 7.46. The molecular weight excluding hydrogens is 432 g/mol. The number of hydrogen-bond donors (Lipinski definition) is 3. The molecule has 1 aromatic heterocycles. The first-order chi connectivity index (χ1) is 14.8. The molecule has 0 aliphatic heterocycles. The molecule has 0 saturated heterocycles. The highest BCUT2D eigenvalue weighted by Crippen LogP contribution is 2.22. The number of primary amides is 1. The van der Waals surface area contributed by atoms with E-state index in [1.807, 2.05) is 48.5 Å². The average Bonchev–Trinajstić information content (AvgIpc) is 3.15. The first-order valence-corrected chi connectivity index (χ1v) is 11.2. The van der Waals surface area contributed by atoms with E-state index in [2.05, 4.69) is 29.5 Å². The number of aryl methyl sites for hydroxylation is 2. The number of nitrogens with one attached hydrogen (secondary N) is 2. The van der Waals surface area contributed by atoms with E-state index < -0.39 is 5.91 Å². The van der Waals surface area contributed by atoms with Crippen molar-refractivity contribution >= 4 is 40.6 Å². The summed E-state index contributed by atoms with van der Waals surface area (Å²) in [5.41, 5.74) is 8.74. The Kier molecular flexibility index (Phi) is 7.65. The molecule has 0 fully saturated rings. The van der Waals surface area contributed by atoms with Crippen molar-refractivity contribution in [2.75, 3.05) is 5.32 Å². The Morgan fingerprint density at radius 3 is 2.52 bits per heavy atom. The van der Waals surface area contributed by atoms with Crippen LogP contribution >= 0.6 is 22.9 Å². The third-order valence-electron chi connectivity index (χ3n) is 4.74. The van der Waals surface area contributed by atoms with E-state index >= 15 is 0 Å². The van der Waals surface area contributed by atoms with Crippen molar-refractivity contribution in [1.29, 1.82) is 0 Å². The van der Waals surface area contributed by atoms with Gasteiger partial charge in [0.1, 0.15) is 10.7 Å². The number of hydrogen-bond acceptors (Lipinski definition) is 4. The maximum absolute atomic E-state index is 12.2. The van der Waals surface area contributed by atoms with E-state index in [9.17, 15) is 9.59 Å². The molecule has 8 heteroatoms. The number of carbonyl (C=O) groups excluding carboxylic acids is 2. The number of rotatable bonds is 8. The minimum atomic E-state index is -0.571. The summed E-state index contributed by atoms with van der Waals surface area (Å²) in [5.74, 6) is -0.140. The second kappa shape index (κ2) is 10.4. The highest BCUT2D eigenvalue weighted by atomic mass is 35.5. The van der Waals surface area contributed by atoms with Crippen LogP contribution in [0.3, 0.4) is 0 Å². The summed E-state index contributed by atoms with van der Waals surface area (Å²) in [7, 11) is 0. The smallest absolute Gasteiger partial charge is 0.319 e. The largest absolute Gasteiger partial charge is 0.364 e. The van der Waals surface area contributed by atoms with E-state index in [-0.39, 0.29) is 18.3 Å². The van der Waals surface area contributed by atoms with Gasteiger partial charge >= 0.3 is 6.03 Å². The quantitative estimate of drug-likeness (QED) is 0.438. The minimum absolute atomic E-state index is 0.206. The van der Waals surface area contributed by atoms with Crippen LogP contribution in [0.2, 0.25) is 5.02 Å². The monoisotopic (exact) mass is 456 g/mol. The third kappa shape index (κ3) is 6.54. The summed E-state index contributed by atoms with van der Waals surface area (Å²) >= 11 is 7.41. The number of carbonyl (C=O) groups is 2. The predicted octanol–water partition coefficient (Wildman–Crippen LogP) is 5.13. The van der Waals surface area contributed by atoms with Crippen LogP contribution in [-0.2, 0) is 19.4 Å². The number of nitrogens with zero attached hydrogens (tertiary/aromatic N) is 1. The molecule has 0 aliphatic rings. The Morgan fingerprint density at radius 1 is 1.13 bits per heavy atom. The Morgan fingerprint density at radius 2 is 1.87 bits per heavy atom. The maximum atomic E-state index is 12.2. The Bertz CT molecular complexity index is 1060. The van der Waals surface area contributed by atoms with Crippen LogP contribution < -0.4 is 16.4 Å². The van der Waals surface area contributed by atoms with Crippen molar-refractivity contribution in [2.45, 2.75) is 39.2 Å². The molecule has 4 N–H and O–H groups in total. The lowest BCUT2D eigenvalue weighted by Crippen LogP contribution is -2.28. The fraction of sp³-hybridized carbons (Fsp3) is 0.261. The second-order valence-corrected chi connectivity index (χ2v) is 9.06. The van der Waals surface area contributed by atoms with Gasteiger partial charge in [-0.05, 0) is 54.2 Å². The van der Waals surface area contributed by atoms with Crippen molar-refractivity contribution in [3.63, 3.8) is 0 Å². The fourth-order valence-electron chi connectivity index (χ4n) is 3.07. The van der Waals surface area contributed by atoms with Gasteiger partial charge in [-0.3, -0.25) is 4.79 Å².